The summed E-state index contributed by atoms with van der Waals surface area (Å²) in [5, 5.41) is 3.19. The third-order valence-electron chi connectivity index (χ3n) is 6.54. The highest BCUT2D eigenvalue weighted by Crippen LogP contribution is 2.28. The fraction of sp³-hybridized carbons (Fsp3) is 0.290. The number of rotatable bonds is 8. The molecule has 1 aromatic heterocycles. The van der Waals surface area contributed by atoms with Gasteiger partial charge in [-0.3, -0.25) is 19.0 Å². The first kappa shape index (κ1) is 27.3. The third-order valence-corrected chi connectivity index (χ3v) is 7.60. The molecule has 0 saturated heterocycles. The van der Waals surface area contributed by atoms with Crippen molar-refractivity contribution in [2.75, 3.05) is 6.54 Å². The van der Waals surface area contributed by atoms with Gasteiger partial charge in [-0.1, -0.05) is 36.9 Å². The Kier molecular flexibility index (Phi) is 8.17. The van der Waals surface area contributed by atoms with Gasteiger partial charge in [-0.15, -0.1) is 0 Å². The molecule has 196 valence electrons. The van der Waals surface area contributed by atoms with Crippen molar-refractivity contribution in [2.24, 2.45) is 0 Å². The molecular formula is C31H33N3O3S. The van der Waals surface area contributed by atoms with Crippen molar-refractivity contribution in [3.05, 3.63) is 98.3 Å². The van der Waals surface area contributed by atoms with Gasteiger partial charge in [0.25, 0.3) is 11.5 Å². The molecule has 6 nitrogen and oxygen atoms in total. The molecule has 4 rings (SSSR count). The van der Waals surface area contributed by atoms with Crippen molar-refractivity contribution in [3.8, 4) is 5.69 Å². The second-order valence-electron chi connectivity index (χ2n) is 9.79. The maximum Gasteiger partial charge on any atom is 0.266 e. The highest BCUT2D eigenvalue weighted by molar-refractivity contribution is 8.00. The average Bonchev–Trinajstić information content (AvgIpc) is 2.87. The minimum atomic E-state index is -0.491. The van der Waals surface area contributed by atoms with E-state index in [0.717, 1.165) is 28.7 Å². The summed E-state index contributed by atoms with van der Waals surface area (Å²) in [7, 11) is 0. The monoisotopic (exact) mass is 527 g/mol. The van der Waals surface area contributed by atoms with E-state index in [9.17, 15) is 14.4 Å². The first-order chi connectivity index (χ1) is 18.1. The number of carbonyl (C=O) groups is 2. The molecule has 0 fully saturated rings. The fourth-order valence-corrected chi connectivity index (χ4v) is 5.38. The largest absolute Gasteiger partial charge is 0.352 e. The lowest BCUT2D eigenvalue weighted by atomic mass is 10.0. The van der Waals surface area contributed by atoms with Gasteiger partial charge in [0.1, 0.15) is 0 Å². The van der Waals surface area contributed by atoms with Crippen LogP contribution >= 0.6 is 11.8 Å². The van der Waals surface area contributed by atoms with E-state index in [-0.39, 0.29) is 17.2 Å². The lowest BCUT2D eigenvalue weighted by Gasteiger charge is -2.17. The second kappa shape index (κ2) is 11.4. The van der Waals surface area contributed by atoms with Crippen LogP contribution in [0, 0.1) is 27.7 Å². The molecule has 0 unspecified atom stereocenters. The molecular weight excluding hydrogens is 494 g/mol. The molecule has 1 heterocycles. The Labute approximate surface area is 227 Å². The fourth-order valence-electron chi connectivity index (χ4n) is 4.37. The van der Waals surface area contributed by atoms with Crippen molar-refractivity contribution in [1.29, 1.82) is 0 Å². The summed E-state index contributed by atoms with van der Waals surface area (Å²) in [6.45, 7) is 12.4. The van der Waals surface area contributed by atoms with E-state index < -0.39 is 5.25 Å². The van der Waals surface area contributed by atoms with Crippen LogP contribution in [0.2, 0.25) is 0 Å². The minimum absolute atomic E-state index is 0.0351. The molecule has 1 atom stereocenters. The molecule has 0 aliphatic carbocycles. The molecule has 3 aromatic carbocycles. The third kappa shape index (κ3) is 5.73. The van der Waals surface area contributed by atoms with Gasteiger partial charge in [-0.25, -0.2) is 4.98 Å². The highest BCUT2D eigenvalue weighted by Gasteiger charge is 2.22. The Morgan fingerprint density at radius 3 is 2.26 bits per heavy atom. The van der Waals surface area contributed by atoms with Crippen LogP contribution in [0.5, 0.6) is 0 Å². The molecule has 1 amide bonds. The summed E-state index contributed by atoms with van der Waals surface area (Å²) in [5.74, 6) is -0.242. The Hall–Kier alpha value is -3.71. The van der Waals surface area contributed by atoms with Crippen molar-refractivity contribution >= 4 is 34.4 Å². The summed E-state index contributed by atoms with van der Waals surface area (Å²) in [5.41, 5.74) is 6.16. The zero-order valence-electron chi connectivity index (χ0n) is 22.7. The van der Waals surface area contributed by atoms with Crippen LogP contribution in [0.3, 0.4) is 0 Å². The number of fused-ring (bicyclic) bond motifs is 1. The summed E-state index contributed by atoms with van der Waals surface area (Å²) in [6.07, 6.45) is 0.825. The number of Topliss-reactive ketones (excluding diaryl/α,β-unsaturated/α-hetero) is 1. The Balaban J connectivity index is 1.84. The standard InChI is InChI=1S/C31H33N3O3S/c1-7-12-32-29(36)24-10-11-26-27(17-24)33-31(34(30(26)37)25-14-18(2)13-19(3)15-25)38-22(6)28(35)23-9-8-20(4)21(5)16-23/h8-11,13-17,22H,7,12H2,1-6H3,(H,32,36)/t22-/m1/s1. The van der Waals surface area contributed by atoms with Crippen LogP contribution < -0.4 is 10.9 Å². The van der Waals surface area contributed by atoms with Crippen molar-refractivity contribution in [2.45, 2.75) is 58.4 Å². The number of amides is 1. The quantitative estimate of drug-likeness (QED) is 0.170. The van der Waals surface area contributed by atoms with E-state index in [1.54, 1.807) is 22.8 Å². The predicted molar refractivity (Wildman–Crippen MR) is 155 cm³/mol. The Morgan fingerprint density at radius 2 is 1.61 bits per heavy atom. The van der Waals surface area contributed by atoms with Crippen LogP contribution in [0.25, 0.3) is 16.6 Å². The number of hydrogen-bond acceptors (Lipinski definition) is 5. The van der Waals surface area contributed by atoms with Crippen molar-refractivity contribution in [3.63, 3.8) is 0 Å². The molecule has 0 saturated carbocycles. The topological polar surface area (TPSA) is 81.1 Å². The Morgan fingerprint density at radius 1 is 0.921 bits per heavy atom. The number of benzene rings is 3. The normalized spacial score (nSPS) is 11.9. The SMILES string of the molecule is CCCNC(=O)c1ccc2c(=O)n(-c3cc(C)cc(C)c3)c(S[C@H](C)C(=O)c3ccc(C)c(C)c3)nc2c1. The number of thioether (sulfide) groups is 1. The van der Waals surface area contributed by atoms with E-state index in [0.29, 0.717) is 39.4 Å². The second-order valence-corrected chi connectivity index (χ2v) is 11.1. The maximum absolute atomic E-state index is 13.9. The number of aromatic nitrogens is 2. The van der Waals surface area contributed by atoms with E-state index in [4.69, 9.17) is 4.98 Å². The average molecular weight is 528 g/mol. The van der Waals surface area contributed by atoms with Gasteiger partial charge in [0.15, 0.2) is 10.9 Å². The number of hydrogen-bond donors (Lipinski definition) is 1. The zero-order chi connectivity index (χ0) is 27.6. The summed E-state index contributed by atoms with van der Waals surface area (Å²) in [4.78, 5) is 44.6. The van der Waals surface area contributed by atoms with E-state index >= 15 is 0 Å². The maximum atomic E-state index is 13.9. The number of nitrogens with zero attached hydrogens (tertiary/aromatic N) is 2. The molecule has 0 radical (unpaired) electrons. The molecule has 1 N–H and O–H groups in total. The molecule has 0 bridgehead atoms. The van der Waals surface area contributed by atoms with E-state index in [1.165, 1.54) is 11.8 Å². The van der Waals surface area contributed by atoms with Gasteiger partial charge in [-0.2, -0.15) is 0 Å². The molecule has 4 aromatic rings. The number of ketones is 1. The predicted octanol–water partition coefficient (Wildman–Crippen LogP) is 6.12. The molecule has 0 aliphatic rings. The van der Waals surface area contributed by atoms with Crippen molar-refractivity contribution in [1.82, 2.24) is 14.9 Å². The van der Waals surface area contributed by atoms with Crippen LogP contribution in [-0.2, 0) is 0 Å². The smallest absolute Gasteiger partial charge is 0.266 e. The van der Waals surface area contributed by atoms with Gasteiger partial charge < -0.3 is 5.32 Å². The van der Waals surface area contributed by atoms with Crippen LogP contribution in [0.15, 0.2) is 64.5 Å². The summed E-state index contributed by atoms with van der Waals surface area (Å²) >= 11 is 1.25. The van der Waals surface area contributed by atoms with E-state index in [2.05, 4.69) is 5.32 Å². The minimum Gasteiger partial charge on any atom is -0.352 e. The first-order valence-electron chi connectivity index (χ1n) is 12.8. The van der Waals surface area contributed by atoms with Gasteiger partial charge in [0, 0.05) is 17.7 Å². The van der Waals surface area contributed by atoms with Crippen LogP contribution in [-0.4, -0.2) is 33.0 Å². The lowest BCUT2D eigenvalue weighted by Crippen LogP contribution is -2.25. The number of nitrogens with one attached hydrogen (secondary N) is 1. The van der Waals surface area contributed by atoms with Gasteiger partial charge in [0.2, 0.25) is 0 Å². The molecule has 7 heteroatoms. The first-order valence-corrected chi connectivity index (χ1v) is 13.7. The van der Waals surface area contributed by atoms with E-state index in [1.807, 2.05) is 77.9 Å². The number of aryl methyl sites for hydroxylation is 4. The molecule has 0 spiro atoms. The van der Waals surface area contributed by atoms with Gasteiger partial charge in [-0.05, 0) is 99.7 Å². The van der Waals surface area contributed by atoms with Gasteiger partial charge >= 0.3 is 0 Å². The Bertz CT molecular complexity index is 1590. The number of carbonyl (C=O) groups excluding carboxylic acids is 2. The lowest BCUT2D eigenvalue weighted by molar-refractivity contribution is 0.0952. The molecule has 0 aliphatic heterocycles. The summed E-state index contributed by atoms with van der Waals surface area (Å²) in [6, 6.07) is 16.6. The molecule has 38 heavy (non-hydrogen) atoms. The van der Waals surface area contributed by atoms with Crippen LogP contribution in [0.4, 0.5) is 0 Å². The highest BCUT2D eigenvalue weighted by atomic mass is 32.2. The van der Waals surface area contributed by atoms with Gasteiger partial charge in [0.05, 0.1) is 21.8 Å². The van der Waals surface area contributed by atoms with Crippen LogP contribution in [0.1, 0.15) is 63.2 Å². The summed E-state index contributed by atoms with van der Waals surface area (Å²) < 4.78 is 1.58. The zero-order valence-corrected chi connectivity index (χ0v) is 23.5. The van der Waals surface area contributed by atoms with Crippen molar-refractivity contribution < 1.29 is 9.59 Å².